The summed E-state index contributed by atoms with van der Waals surface area (Å²) in [6, 6.07) is 6.21. The molecule has 0 aromatic heterocycles. The molecule has 0 bridgehead atoms. The Labute approximate surface area is 188 Å². The molecule has 7 heteroatoms. The lowest BCUT2D eigenvalue weighted by molar-refractivity contribution is -0.125. The van der Waals surface area contributed by atoms with Crippen LogP contribution in [0, 0.1) is 5.92 Å². The van der Waals surface area contributed by atoms with Gasteiger partial charge in [-0.15, -0.1) is 0 Å². The van der Waals surface area contributed by atoms with E-state index in [2.05, 4.69) is 5.32 Å². The highest BCUT2D eigenvalue weighted by Crippen LogP contribution is 2.27. The Morgan fingerprint density at radius 3 is 2.30 bits per heavy atom. The predicted octanol–water partition coefficient (Wildman–Crippen LogP) is 5.63. The summed E-state index contributed by atoms with van der Waals surface area (Å²) in [6.45, 7) is 0.869. The van der Waals surface area contributed by atoms with Crippen molar-refractivity contribution in [1.29, 1.82) is 0 Å². The van der Waals surface area contributed by atoms with Crippen LogP contribution >= 0.6 is 11.6 Å². The van der Waals surface area contributed by atoms with Crippen molar-refractivity contribution in [3.8, 4) is 0 Å². The van der Waals surface area contributed by atoms with E-state index in [1.807, 2.05) is 0 Å². The standard InChI is InChI=1S/C21H31ClN2O3S.2CH4/c22-18-11-8-13-20(15-18)28(26,27)24-14-7-6-12-19(24)16-23-21(25)17-9-4-2-1-3-5-10-17;;/h8,11,13,15,17,19H,1-7,9-10,12,14,16H2,(H,23,25);2*1H4. The van der Waals surface area contributed by atoms with Crippen molar-refractivity contribution in [2.75, 3.05) is 13.1 Å². The van der Waals surface area contributed by atoms with Crippen LogP contribution in [0.5, 0.6) is 0 Å². The molecule has 1 aliphatic heterocycles. The molecule has 1 N–H and O–H groups in total. The highest BCUT2D eigenvalue weighted by Gasteiger charge is 2.34. The number of carbonyl (C=O) groups excluding carboxylic acids is 1. The Kier molecular flexibility index (Phi) is 11.4. The number of amides is 1. The molecule has 2 aliphatic rings. The maximum Gasteiger partial charge on any atom is 0.243 e. The van der Waals surface area contributed by atoms with Gasteiger partial charge in [-0.25, -0.2) is 8.42 Å². The highest BCUT2D eigenvalue weighted by atomic mass is 35.5. The van der Waals surface area contributed by atoms with Crippen molar-refractivity contribution < 1.29 is 13.2 Å². The first-order chi connectivity index (χ1) is 13.5. The zero-order chi connectivity index (χ0) is 20.0. The molecule has 1 saturated carbocycles. The van der Waals surface area contributed by atoms with Gasteiger partial charge >= 0.3 is 0 Å². The van der Waals surface area contributed by atoms with Gasteiger partial charge in [-0.2, -0.15) is 4.31 Å². The van der Waals surface area contributed by atoms with Crippen LogP contribution in [-0.4, -0.2) is 37.8 Å². The zero-order valence-electron chi connectivity index (χ0n) is 16.4. The summed E-state index contributed by atoms with van der Waals surface area (Å²) < 4.78 is 27.8. The van der Waals surface area contributed by atoms with E-state index in [0.717, 1.165) is 44.9 Å². The van der Waals surface area contributed by atoms with Crippen LogP contribution in [0.2, 0.25) is 5.02 Å². The van der Waals surface area contributed by atoms with Gasteiger partial charge in [0.25, 0.3) is 0 Å². The average Bonchev–Trinajstić information content (AvgIpc) is 2.66. The third-order valence-electron chi connectivity index (χ3n) is 5.96. The van der Waals surface area contributed by atoms with Crippen molar-refractivity contribution in [2.45, 2.75) is 90.0 Å². The molecule has 1 saturated heterocycles. The first-order valence-corrected chi connectivity index (χ1v) is 12.4. The molecule has 2 fully saturated rings. The Balaban J connectivity index is 0.00000225. The minimum Gasteiger partial charge on any atom is -0.354 e. The minimum atomic E-state index is -3.62. The summed E-state index contributed by atoms with van der Waals surface area (Å²) in [5.41, 5.74) is 0. The number of rotatable bonds is 5. The SMILES string of the molecule is C.C.O=C(NCC1CCCCN1S(=O)(=O)c1cccc(Cl)c1)C1CCCCCCC1. The maximum atomic E-state index is 13.1. The third kappa shape index (κ3) is 6.96. The van der Waals surface area contributed by atoms with Gasteiger partial charge in [-0.3, -0.25) is 4.79 Å². The van der Waals surface area contributed by atoms with E-state index in [-0.39, 0.29) is 37.6 Å². The summed E-state index contributed by atoms with van der Waals surface area (Å²) in [4.78, 5) is 12.9. The first kappa shape index (κ1) is 26.9. The van der Waals surface area contributed by atoms with Crippen molar-refractivity contribution in [3.05, 3.63) is 29.3 Å². The summed E-state index contributed by atoms with van der Waals surface area (Å²) in [6.07, 6.45) is 10.4. The number of nitrogens with one attached hydrogen (secondary N) is 1. The van der Waals surface area contributed by atoms with Crippen LogP contribution in [0.25, 0.3) is 0 Å². The fourth-order valence-electron chi connectivity index (χ4n) is 4.34. The molecule has 1 heterocycles. The van der Waals surface area contributed by atoms with E-state index in [9.17, 15) is 13.2 Å². The van der Waals surface area contributed by atoms with Crippen molar-refractivity contribution in [2.24, 2.45) is 5.92 Å². The molecule has 1 aliphatic carbocycles. The second kappa shape index (κ2) is 12.7. The van der Waals surface area contributed by atoms with Crippen molar-refractivity contribution in [3.63, 3.8) is 0 Å². The van der Waals surface area contributed by atoms with E-state index in [1.54, 1.807) is 22.5 Å². The van der Waals surface area contributed by atoms with Crippen molar-refractivity contribution in [1.82, 2.24) is 9.62 Å². The quantitative estimate of drug-likeness (QED) is 0.621. The number of nitrogens with zero attached hydrogens (tertiary/aromatic N) is 1. The number of benzene rings is 1. The molecule has 1 atom stereocenters. The number of hydrogen-bond donors (Lipinski definition) is 1. The maximum absolute atomic E-state index is 13.1. The van der Waals surface area contributed by atoms with Gasteiger partial charge in [-0.1, -0.05) is 71.0 Å². The van der Waals surface area contributed by atoms with Crippen LogP contribution in [0.4, 0.5) is 0 Å². The summed E-state index contributed by atoms with van der Waals surface area (Å²) in [5, 5.41) is 3.47. The lowest BCUT2D eigenvalue weighted by Crippen LogP contribution is -2.50. The Hall–Kier alpha value is -1.11. The molecule has 172 valence electrons. The number of halogens is 1. The molecule has 1 aromatic carbocycles. The van der Waals surface area contributed by atoms with Gasteiger partial charge in [0, 0.05) is 30.1 Å². The molecular formula is C23H39ClN2O3S. The predicted molar refractivity (Wildman–Crippen MR) is 125 cm³/mol. The number of sulfonamides is 1. The summed E-state index contributed by atoms with van der Waals surface area (Å²) >= 11 is 6.00. The van der Waals surface area contributed by atoms with Gasteiger partial charge in [0.2, 0.25) is 15.9 Å². The fourth-order valence-corrected chi connectivity index (χ4v) is 6.33. The smallest absolute Gasteiger partial charge is 0.243 e. The van der Waals surface area contributed by atoms with Gasteiger partial charge in [0.1, 0.15) is 0 Å². The first-order valence-electron chi connectivity index (χ1n) is 10.5. The average molecular weight is 459 g/mol. The lowest BCUT2D eigenvalue weighted by atomic mass is 9.90. The number of carbonyl (C=O) groups is 1. The number of hydrogen-bond acceptors (Lipinski definition) is 3. The monoisotopic (exact) mass is 458 g/mol. The van der Waals surface area contributed by atoms with Gasteiger partial charge in [-0.05, 0) is 43.9 Å². The van der Waals surface area contributed by atoms with Crippen LogP contribution in [0.3, 0.4) is 0 Å². The number of piperidine rings is 1. The molecule has 1 amide bonds. The van der Waals surface area contributed by atoms with E-state index in [0.29, 0.717) is 18.1 Å². The largest absolute Gasteiger partial charge is 0.354 e. The second-order valence-corrected chi connectivity index (χ2v) is 10.3. The second-order valence-electron chi connectivity index (χ2n) is 8.01. The van der Waals surface area contributed by atoms with Crippen LogP contribution in [0.1, 0.15) is 79.1 Å². The normalized spacial score (nSPS) is 21.4. The van der Waals surface area contributed by atoms with Crippen LogP contribution in [-0.2, 0) is 14.8 Å². The molecule has 0 radical (unpaired) electrons. The lowest BCUT2D eigenvalue weighted by Gasteiger charge is -2.35. The molecular weight excluding hydrogens is 420 g/mol. The Morgan fingerprint density at radius 2 is 1.63 bits per heavy atom. The summed E-state index contributed by atoms with van der Waals surface area (Å²) in [7, 11) is -3.62. The van der Waals surface area contributed by atoms with E-state index in [1.165, 1.54) is 25.3 Å². The van der Waals surface area contributed by atoms with E-state index >= 15 is 0 Å². The molecule has 30 heavy (non-hydrogen) atoms. The van der Waals surface area contributed by atoms with E-state index in [4.69, 9.17) is 11.6 Å². The fraction of sp³-hybridized carbons (Fsp3) is 0.696. The zero-order valence-corrected chi connectivity index (χ0v) is 18.0. The van der Waals surface area contributed by atoms with Crippen LogP contribution < -0.4 is 5.32 Å². The molecule has 1 unspecified atom stereocenters. The molecule has 3 rings (SSSR count). The Morgan fingerprint density at radius 1 is 1.00 bits per heavy atom. The van der Waals surface area contributed by atoms with E-state index < -0.39 is 10.0 Å². The van der Waals surface area contributed by atoms with Gasteiger partial charge < -0.3 is 5.32 Å². The van der Waals surface area contributed by atoms with Crippen molar-refractivity contribution >= 4 is 27.5 Å². The van der Waals surface area contributed by atoms with Gasteiger partial charge in [0.05, 0.1) is 4.90 Å². The molecule has 1 aromatic rings. The topological polar surface area (TPSA) is 66.5 Å². The van der Waals surface area contributed by atoms with Gasteiger partial charge in [0.15, 0.2) is 0 Å². The summed E-state index contributed by atoms with van der Waals surface area (Å²) in [5.74, 6) is 0.162. The highest BCUT2D eigenvalue weighted by molar-refractivity contribution is 7.89. The minimum absolute atomic E-state index is 0. The molecule has 5 nitrogen and oxygen atoms in total. The third-order valence-corrected chi connectivity index (χ3v) is 8.15. The Bertz CT molecular complexity index is 761. The van der Waals surface area contributed by atoms with Crippen LogP contribution in [0.15, 0.2) is 29.2 Å². The molecule has 0 spiro atoms.